The zero-order valence-corrected chi connectivity index (χ0v) is 13.3. The molecule has 2 amide bonds. The molecular weight excluding hydrogens is 312 g/mol. The summed E-state index contributed by atoms with van der Waals surface area (Å²) in [7, 11) is 0. The van der Waals surface area contributed by atoms with Crippen LogP contribution in [-0.2, 0) is 9.53 Å². The number of halogens is 1. The first-order valence-electron chi connectivity index (χ1n) is 6.65. The number of hydrogen-bond acceptors (Lipinski definition) is 4. The molecule has 21 heavy (non-hydrogen) atoms. The Hall–Kier alpha value is -1.24. The van der Waals surface area contributed by atoms with Crippen molar-refractivity contribution in [2.24, 2.45) is 0 Å². The zero-order valence-electron chi connectivity index (χ0n) is 11.6. The molecule has 0 aromatic heterocycles. The Balaban J connectivity index is 2.01. The Morgan fingerprint density at radius 1 is 1.38 bits per heavy atom. The van der Waals surface area contributed by atoms with Gasteiger partial charge in [0.2, 0.25) is 5.91 Å². The average molecular weight is 329 g/mol. The molecule has 1 aliphatic heterocycles. The second-order valence-electron chi connectivity index (χ2n) is 4.80. The SMILES string of the molecule is CC(NC(=O)c1cc(S)ccc1Cl)C(=O)N1CCOCC1. The standard InChI is InChI=1S/C14H17ClN2O3S/c1-9(14(19)17-4-6-20-7-5-17)16-13(18)11-8-10(21)2-3-12(11)15/h2-3,8-9,21H,4-7H2,1H3,(H,16,18). The molecule has 0 saturated carbocycles. The summed E-state index contributed by atoms with van der Waals surface area (Å²) >= 11 is 10.2. The van der Waals surface area contributed by atoms with Gasteiger partial charge in [-0.3, -0.25) is 9.59 Å². The minimum atomic E-state index is -0.616. The normalized spacial score (nSPS) is 16.4. The van der Waals surface area contributed by atoms with Gasteiger partial charge in [-0.15, -0.1) is 12.6 Å². The van der Waals surface area contributed by atoms with Crippen molar-refractivity contribution in [2.45, 2.75) is 17.9 Å². The first-order valence-corrected chi connectivity index (χ1v) is 7.47. The predicted octanol–water partition coefficient (Wildman–Crippen LogP) is 1.61. The fourth-order valence-corrected chi connectivity index (χ4v) is 2.49. The number of hydrogen-bond donors (Lipinski definition) is 2. The summed E-state index contributed by atoms with van der Waals surface area (Å²) < 4.78 is 5.20. The van der Waals surface area contributed by atoms with Gasteiger partial charge in [0.15, 0.2) is 0 Å². The van der Waals surface area contributed by atoms with Gasteiger partial charge in [-0.25, -0.2) is 0 Å². The number of rotatable bonds is 3. The third-order valence-electron chi connectivity index (χ3n) is 3.24. The number of carbonyl (C=O) groups excluding carboxylic acids is 2. The maximum atomic E-state index is 12.2. The summed E-state index contributed by atoms with van der Waals surface area (Å²) in [6, 6.07) is 4.26. The van der Waals surface area contributed by atoms with Crippen LogP contribution in [0.2, 0.25) is 5.02 Å². The van der Waals surface area contributed by atoms with Gasteiger partial charge < -0.3 is 15.0 Å². The molecule has 1 aromatic carbocycles. The molecule has 0 aliphatic carbocycles. The van der Waals surface area contributed by atoms with Gasteiger partial charge in [0.1, 0.15) is 6.04 Å². The molecule has 1 atom stereocenters. The lowest BCUT2D eigenvalue weighted by molar-refractivity contribution is -0.136. The van der Waals surface area contributed by atoms with Crippen LogP contribution in [0.4, 0.5) is 0 Å². The fraction of sp³-hybridized carbons (Fsp3) is 0.429. The summed E-state index contributed by atoms with van der Waals surface area (Å²) in [5.41, 5.74) is 0.311. The lowest BCUT2D eigenvalue weighted by Gasteiger charge is -2.29. The van der Waals surface area contributed by atoms with Gasteiger partial charge in [0.05, 0.1) is 23.8 Å². The van der Waals surface area contributed by atoms with Gasteiger partial charge in [-0.05, 0) is 25.1 Å². The van der Waals surface area contributed by atoms with E-state index in [1.54, 1.807) is 30.0 Å². The van der Waals surface area contributed by atoms with E-state index in [4.69, 9.17) is 16.3 Å². The van der Waals surface area contributed by atoms with E-state index in [0.29, 0.717) is 41.8 Å². The smallest absolute Gasteiger partial charge is 0.253 e. The highest BCUT2D eigenvalue weighted by Gasteiger charge is 2.24. The number of benzene rings is 1. The maximum Gasteiger partial charge on any atom is 0.253 e. The van der Waals surface area contributed by atoms with Crippen LogP contribution in [0.3, 0.4) is 0 Å². The molecule has 1 fully saturated rings. The van der Waals surface area contributed by atoms with Crippen LogP contribution in [0.5, 0.6) is 0 Å². The number of nitrogens with one attached hydrogen (secondary N) is 1. The summed E-state index contributed by atoms with van der Waals surface area (Å²) in [4.78, 5) is 26.7. The molecule has 7 heteroatoms. The fourth-order valence-electron chi connectivity index (χ4n) is 2.08. The Morgan fingerprint density at radius 2 is 2.05 bits per heavy atom. The molecule has 1 N–H and O–H groups in total. The summed E-state index contributed by atoms with van der Waals surface area (Å²) in [5, 5.41) is 3.00. The van der Waals surface area contributed by atoms with Crippen molar-refractivity contribution in [3.8, 4) is 0 Å². The molecule has 0 spiro atoms. The first-order chi connectivity index (χ1) is 9.99. The summed E-state index contributed by atoms with van der Waals surface area (Å²) in [5.74, 6) is -0.505. The topological polar surface area (TPSA) is 58.6 Å². The van der Waals surface area contributed by atoms with Crippen molar-refractivity contribution < 1.29 is 14.3 Å². The number of amides is 2. The Labute approximate surface area is 134 Å². The van der Waals surface area contributed by atoms with Crippen molar-refractivity contribution in [2.75, 3.05) is 26.3 Å². The van der Waals surface area contributed by atoms with E-state index < -0.39 is 6.04 Å². The highest BCUT2D eigenvalue weighted by atomic mass is 35.5. The van der Waals surface area contributed by atoms with Gasteiger partial charge in [-0.2, -0.15) is 0 Å². The molecule has 0 radical (unpaired) electrons. The molecule has 114 valence electrons. The van der Waals surface area contributed by atoms with Crippen LogP contribution < -0.4 is 5.32 Å². The van der Waals surface area contributed by atoms with Crippen molar-refractivity contribution in [1.82, 2.24) is 10.2 Å². The van der Waals surface area contributed by atoms with E-state index in [2.05, 4.69) is 17.9 Å². The highest BCUT2D eigenvalue weighted by Crippen LogP contribution is 2.19. The first kappa shape index (κ1) is 16.1. The zero-order chi connectivity index (χ0) is 15.4. The highest BCUT2D eigenvalue weighted by molar-refractivity contribution is 7.80. The van der Waals surface area contributed by atoms with Crippen LogP contribution in [0, 0.1) is 0 Å². The minimum absolute atomic E-state index is 0.121. The molecule has 1 aliphatic rings. The van der Waals surface area contributed by atoms with Crippen LogP contribution >= 0.6 is 24.2 Å². The van der Waals surface area contributed by atoms with Gasteiger partial charge >= 0.3 is 0 Å². The van der Waals surface area contributed by atoms with Crippen molar-refractivity contribution in [1.29, 1.82) is 0 Å². The summed E-state index contributed by atoms with van der Waals surface area (Å²) in [6.45, 7) is 3.81. The summed E-state index contributed by atoms with van der Waals surface area (Å²) in [6.07, 6.45) is 0. The maximum absolute atomic E-state index is 12.2. The quantitative estimate of drug-likeness (QED) is 0.829. The van der Waals surface area contributed by atoms with E-state index in [1.165, 1.54) is 0 Å². The van der Waals surface area contributed by atoms with Crippen LogP contribution in [0.25, 0.3) is 0 Å². The third-order valence-corrected chi connectivity index (χ3v) is 3.84. The van der Waals surface area contributed by atoms with E-state index in [9.17, 15) is 9.59 Å². The lowest BCUT2D eigenvalue weighted by Crippen LogP contribution is -2.50. The predicted molar refractivity (Wildman–Crippen MR) is 83.0 cm³/mol. The van der Waals surface area contributed by atoms with Crippen molar-refractivity contribution >= 4 is 36.0 Å². The van der Waals surface area contributed by atoms with Crippen molar-refractivity contribution in [3.05, 3.63) is 28.8 Å². The molecule has 2 rings (SSSR count). The minimum Gasteiger partial charge on any atom is -0.378 e. The molecule has 0 bridgehead atoms. The Morgan fingerprint density at radius 3 is 2.71 bits per heavy atom. The second-order valence-corrected chi connectivity index (χ2v) is 5.72. The van der Waals surface area contributed by atoms with Gasteiger partial charge in [0, 0.05) is 18.0 Å². The Kier molecular flexibility index (Phi) is 5.50. The number of ether oxygens (including phenoxy) is 1. The third kappa shape index (κ3) is 4.12. The number of thiol groups is 1. The molecule has 1 unspecified atom stereocenters. The molecule has 1 heterocycles. The lowest BCUT2D eigenvalue weighted by atomic mass is 10.2. The van der Waals surface area contributed by atoms with Gasteiger partial charge in [0.25, 0.3) is 5.91 Å². The van der Waals surface area contributed by atoms with E-state index in [0.717, 1.165) is 0 Å². The van der Waals surface area contributed by atoms with E-state index >= 15 is 0 Å². The molecular formula is C14H17ClN2O3S. The van der Waals surface area contributed by atoms with E-state index in [1.807, 2.05) is 0 Å². The van der Waals surface area contributed by atoms with Crippen LogP contribution in [0.1, 0.15) is 17.3 Å². The molecule has 1 saturated heterocycles. The number of morpholine rings is 1. The number of nitrogens with zero attached hydrogens (tertiary/aromatic N) is 1. The monoisotopic (exact) mass is 328 g/mol. The largest absolute Gasteiger partial charge is 0.378 e. The second kappa shape index (κ2) is 7.15. The van der Waals surface area contributed by atoms with Crippen LogP contribution in [0.15, 0.2) is 23.1 Å². The molecule has 5 nitrogen and oxygen atoms in total. The van der Waals surface area contributed by atoms with E-state index in [-0.39, 0.29) is 11.8 Å². The Bertz CT molecular complexity index is 547. The van der Waals surface area contributed by atoms with Gasteiger partial charge in [-0.1, -0.05) is 11.6 Å². The average Bonchev–Trinajstić information content (AvgIpc) is 2.49. The van der Waals surface area contributed by atoms with Crippen molar-refractivity contribution in [3.63, 3.8) is 0 Å². The molecule has 1 aromatic rings. The number of carbonyl (C=O) groups is 2. The van der Waals surface area contributed by atoms with Crippen LogP contribution in [-0.4, -0.2) is 49.1 Å².